The summed E-state index contributed by atoms with van der Waals surface area (Å²) in [4.78, 5) is 13.9. The van der Waals surface area contributed by atoms with Crippen molar-refractivity contribution in [2.24, 2.45) is 5.73 Å². The molecule has 0 unspecified atom stereocenters. The fourth-order valence-corrected chi connectivity index (χ4v) is 3.05. The Morgan fingerprint density at radius 2 is 2.19 bits per heavy atom. The van der Waals surface area contributed by atoms with Crippen LogP contribution in [0.3, 0.4) is 0 Å². The zero-order valence-electron chi connectivity index (χ0n) is 9.12. The molecule has 1 amide bonds. The zero-order valence-corrected chi connectivity index (χ0v) is 10.8. The molecule has 3 nitrogen and oxygen atoms in total. The van der Waals surface area contributed by atoms with E-state index in [1.165, 1.54) is 23.3 Å². The lowest BCUT2D eigenvalue weighted by Gasteiger charge is -2.08. The molecule has 1 aromatic heterocycles. The number of aryl methyl sites for hydroxylation is 2. The fraction of sp³-hybridized carbons (Fsp3) is 0.545. The lowest BCUT2D eigenvalue weighted by molar-refractivity contribution is 0.0958. The van der Waals surface area contributed by atoms with Crippen LogP contribution in [0.5, 0.6) is 0 Å². The summed E-state index contributed by atoms with van der Waals surface area (Å²) in [5.74, 6) is 0.0276. The molecule has 2 rings (SSSR count). The first kappa shape index (κ1) is 13.5. The van der Waals surface area contributed by atoms with Gasteiger partial charge in [0, 0.05) is 18.0 Å². The molecule has 1 aromatic rings. The number of hydrogen-bond acceptors (Lipinski definition) is 3. The van der Waals surface area contributed by atoms with E-state index < -0.39 is 0 Å². The molecular formula is C11H17ClN2OS. The first-order chi connectivity index (χ1) is 7.31. The summed E-state index contributed by atoms with van der Waals surface area (Å²) in [6.07, 6.45) is 4.80. The number of amides is 1. The smallest absolute Gasteiger partial charge is 0.261 e. The van der Waals surface area contributed by atoms with Crippen LogP contribution in [0.4, 0.5) is 0 Å². The van der Waals surface area contributed by atoms with E-state index in [4.69, 9.17) is 5.73 Å². The van der Waals surface area contributed by atoms with Crippen molar-refractivity contribution < 1.29 is 4.79 Å². The van der Waals surface area contributed by atoms with Crippen LogP contribution in [-0.4, -0.2) is 19.0 Å². The van der Waals surface area contributed by atoms with Gasteiger partial charge in [-0.25, -0.2) is 0 Å². The SMILES string of the molecule is Cl.NCCNC(=O)c1cc2c(s1)CCCC2. The summed E-state index contributed by atoms with van der Waals surface area (Å²) in [6.45, 7) is 1.05. The Morgan fingerprint density at radius 1 is 1.44 bits per heavy atom. The third-order valence-corrected chi connectivity index (χ3v) is 3.89. The zero-order chi connectivity index (χ0) is 10.7. The average Bonchev–Trinajstić information content (AvgIpc) is 2.69. The van der Waals surface area contributed by atoms with E-state index in [9.17, 15) is 4.79 Å². The molecule has 0 saturated heterocycles. The Bertz CT molecular complexity index is 341. The molecule has 5 heteroatoms. The van der Waals surface area contributed by atoms with Gasteiger partial charge >= 0.3 is 0 Å². The van der Waals surface area contributed by atoms with Crippen molar-refractivity contribution in [3.63, 3.8) is 0 Å². The Balaban J connectivity index is 0.00000128. The lowest BCUT2D eigenvalue weighted by Crippen LogP contribution is -2.28. The van der Waals surface area contributed by atoms with Gasteiger partial charge in [-0.1, -0.05) is 0 Å². The highest BCUT2D eigenvalue weighted by Crippen LogP contribution is 2.29. The molecule has 90 valence electrons. The molecule has 0 saturated carbocycles. The maximum Gasteiger partial charge on any atom is 0.261 e. The van der Waals surface area contributed by atoms with Crippen LogP contribution in [0.1, 0.15) is 33.0 Å². The fourth-order valence-electron chi connectivity index (χ4n) is 1.88. The first-order valence-corrected chi connectivity index (χ1v) is 6.23. The molecule has 1 aliphatic carbocycles. The number of carbonyl (C=O) groups excluding carboxylic acids is 1. The highest BCUT2D eigenvalue weighted by Gasteiger charge is 2.16. The summed E-state index contributed by atoms with van der Waals surface area (Å²) in [5, 5.41) is 2.80. The van der Waals surface area contributed by atoms with E-state index in [1.807, 2.05) is 6.07 Å². The molecule has 0 bridgehead atoms. The quantitative estimate of drug-likeness (QED) is 0.870. The van der Waals surface area contributed by atoms with Crippen molar-refractivity contribution >= 4 is 29.7 Å². The van der Waals surface area contributed by atoms with Gasteiger partial charge in [-0.05, 0) is 37.3 Å². The third-order valence-electron chi connectivity index (χ3n) is 2.65. The predicted octanol–water partition coefficient (Wildman–Crippen LogP) is 1.74. The molecule has 1 aliphatic rings. The maximum atomic E-state index is 11.7. The number of fused-ring (bicyclic) bond motifs is 1. The summed E-state index contributed by atoms with van der Waals surface area (Å²) in [7, 11) is 0. The van der Waals surface area contributed by atoms with Crippen molar-refractivity contribution in [3.8, 4) is 0 Å². The van der Waals surface area contributed by atoms with Crippen molar-refractivity contribution in [1.29, 1.82) is 0 Å². The molecule has 0 atom stereocenters. The molecule has 0 fully saturated rings. The van der Waals surface area contributed by atoms with Gasteiger partial charge in [0.1, 0.15) is 0 Å². The van der Waals surface area contributed by atoms with Gasteiger partial charge < -0.3 is 11.1 Å². The highest BCUT2D eigenvalue weighted by molar-refractivity contribution is 7.14. The van der Waals surface area contributed by atoms with E-state index in [0.717, 1.165) is 17.7 Å². The van der Waals surface area contributed by atoms with Crippen LogP contribution >= 0.6 is 23.7 Å². The summed E-state index contributed by atoms with van der Waals surface area (Å²) < 4.78 is 0. The van der Waals surface area contributed by atoms with E-state index in [-0.39, 0.29) is 18.3 Å². The molecule has 3 N–H and O–H groups in total. The summed E-state index contributed by atoms with van der Waals surface area (Å²) in [5.41, 5.74) is 6.72. The monoisotopic (exact) mass is 260 g/mol. The lowest BCUT2D eigenvalue weighted by atomic mass is 9.99. The first-order valence-electron chi connectivity index (χ1n) is 5.41. The van der Waals surface area contributed by atoms with Crippen molar-refractivity contribution in [2.75, 3.05) is 13.1 Å². The number of carbonyl (C=O) groups is 1. The van der Waals surface area contributed by atoms with Gasteiger partial charge in [0.05, 0.1) is 4.88 Å². The van der Waals surface area contributed by atoms with Crippen LogP contribution < -0.4 is 11.1 Å². The van der Waals surface area contributed by atoms with E-state index >= 15 is 0 Å². The van der Waals surface area contributed by atoms with E-state index in [2.05, 4.69) is 5.32 Å². The normalized spacial score (nSPS) is 13.8. The number of halogens is 1. The Kier molecular flexibility index (Phi) is 5.25. The summed E-state index contributed by atoms with van der Waals surface area (Å²) in [6, 6.07) is 2.05. The minimum atomic E-state index is 0. The molecule has 0 radical (unpaired) electrons. The molecule has 1 heterocycles. The molecule has 0 aliphatic heterocycles. The van der Waals surface area contributed by atoms with Crippen LogP contribution in [0.2, 0.25) is 0 Å². The number of hydrogen-bond donors (Lipinski definition) is 2. The summed E-state index contributed by atoms with van der Waals surface area (Å²) >= 11 is 1.64. The van der Waals surface area contributed by atoms with E-state index in [1.54, 1.807) is 11.3 Å². The Morgan fingerprint density at radius 3 is 2.88 bits per heavy atom. The topological polar surface area (TPSA) is 55.1 Å². The molecular weight excluding hydrogens is 244 g/mol. The predicted molar refractivity (Wildman–Crippen MR) is 69.6 cm³/mol. The van der Waals surface area contributed by atoms with Gasteiger partial charge in [-0.3, -0.25) is 4.79 Å². The number of rotatable bonds is 3. The second-order valence-electron chi connectivity index (χ2n) is 3.81. The van der Waals surface area contributed by atoms with Crippen LogP contribution in [0, 0.1) is 0 Å². The third kappa shape index (κ3) is 2.97. The van der Waals surface area contributed by atoms with Gasteiger partial charge in [0.25, 0.3) is 5.91 Å². The number of nitrogens with two attached hydrogens (primary N) is 1. The van der Waals surface area contributed by atoms with Crippen molar-refractivity contribution in [2.45, 2.75) is 25.7 Å². The van der Waals surface area contributed by atoms with Crippen molar-refractivity contribution in [1.82, 2.24) is 5.32 Å². The largest absolute Gasteiger partial charge is 0.350 e. The van der Waals surface area contributed by atoms with Crippen LogP contribution in [-0.2, 0) is 12.8 Å². The van der Waals surface area contributed by atoms with Gasteiger partial charge in [-0.2, -0.15) is 0 Å². The second-order valence-corrected chi connectivity index (χ2v) is 4.95. The number of thiophene rings is 1. The standard InChI is InChI=1S/C11H16N2OS.ClH/c12-5-6-13-11(14)10-7-8-3-1-2-4-9(8)15-10;/h7H,1-6,12H2,(H,13,14);1H. The van der Waals surface area contributed by atoms with Crippen LogP contribution in [0.25, 0.3) is 0 Å². The van der Waals surface area contributed by atoms with Crippen LogP contribution in [0.15, 0.2) is 6.07 Å². The average molecular weight is 261 g/mol. The minimum Gasteiger partial charge on any atom is -0.350 e. The Labute approximate surface area is 106 Å². The van der Waals surface area contributed by atoms with Gasteiger partial charge in [0.15, 0.2) is 0 Å². The minimum absolute atomic E-state index is 0. The molecule has 0 spiro atoms. The van der Waals surface area contributed by atoms with E-state index in [0.29, 0.717) is 13.1 Å². The highest BCUT2D eigenvalue weighted by atomic mass is 35.5. The van der Waals surface area contributed by atoms with Crippen molar-refractivity contribution in [3.05, 3.63) is 21.4 Å². The van der Waals surface area contributed by atoms with Gasteiger partial charge in [0.2, 0.25) is 0 Å². The maximum absolute atomic E-state index is 11.7. The molecule has 0 aromatic carbocycles. The van der Waals surface area contributed by atoms with Gasteiger partial charge in [-0.15, -0.1) is 23.7 Å². The second kappa shape index (κ2) is 6.23. The Hall–Kier alpha value is -0.580. The molecule has 16 heavy (non-hydrogen) atoms. The number of nitrogens with one attached hydrogen (secondary N) is 1.